The third-order valence-corrected chi connectivity index (χ3v) is 4.98. The molecule has 0 amide bonds. The van der Waals surface area contributed by atoms with Crippen LogP contribution in [0.1, 0.15) is 35.2 Å². The van der Waals surface area contributed by atoms with Crippen molar-refractivity contribution in [2.24, 2.45) is 23.5 Å². The fraction of sp³-hybridized carbons (Fsp3) is 0.562. The van der Waals surface area contributed by atoms with Crippen LogP contribution in [0.2, 0.25) is 0 Å². The van der Waals surface area contributed by atoms with Gasteiger partial charge in [0.05, 0.1) is 7.11 Å². The first-order valence-corrected chi connectivity index (χ1v) is 7.06. The second kappa shape index (κ2) is 4.64. The van der Waals surface area contributed by atoms with Crippen molar-refractivity contribution in [3.05, 3.63) is 29.3 Å². The van der Waals surface area contributed by atoms with Crippen molar-refractivity contribution in [2.75, 3.05) is 7.11 Å². The first-order valence-electron chi connectivity index (χ1n) is 7.06. The van der Waals surface area contributed by atoms with Gasteiger partial charge in [0.2, 0.25) is 0 Å². The van der Waals surface area contributed by atoms with Crippen LogP contribution in [0.15, 0.2) is 18.2 Å². The van der Waals surface area contributed by atoms with Crippen molar-refractivity contribution in [1.29, 1.82) is 0 Å². The summed E-state index contributed by atoms with van der Waals surface area (Å²) in [4.78, 5) is 12.7. The van der Waals surface area contributed by atoms with E-state index >= 15 is 0 Å². The fourth-order valence-corrected chi connectivity index (χ4v) is 3.94. The molecule has 2 saturated carbocycles. The standard InChI is InChI=1S/C16H21NO2/c1-9-7-12(19-2)5-6-13(9)16(18)14-10-3-4-11(8-10)15(14)17/h5-7,10-11,14-15H,3-4,8,17H2,1-2H3. The molecule has 1 aromatic rings. The largest absolute Gasteiger partial charge is 0.497 e. The third-order valence-electron chi connectivity index (χ3n) is 4.98. The molecule has 3 heteroatoms. The molecule has 2 fully saturated rings. The number of hydrogen-bond donors (Lipinski definition) is 1. The van der Waals surface area contributed by atoms with E-state index in [1.807, 2.05) is 25.1 Å². The Morgan fingerprint density at radius 3 is 2.63 bits per heavy atom. The molecule has 102 valence electrons. The van der Waals surface area contributed by atoms with Crippen molar-refractivity contribution in [1.82, 2.24) is 0 Å². The number of benzene rings is 1. The molecule has 3 rings (SSSR count). The number of ether oxygens (including phenoxy) is 1. The van der Waals surface area contributed by atoms with E-state index in [0.29, 0.717) is 11.8 Å². The van der Waals surface area contributed by atoms with Crippen LogP contribution in [-0.2, 0) is 0 Å². The Morgan fingerprint density at radius 2 is 2.05 bits per heavy atom. The van der Waals surface area contributed by atoms with Gasteiger partial charge in [-0.3, -0.25) is 4.79 Å². The Hall–Kier alpha value is -1.35. The van der Waals surface area contributed by atoms with E-state index in [0.717, 1.165) is 23.3 Å². The summed E-state index contributed by atoms with van der Waals surface area (Å²) in [7, 11) is 1.64. The SMILES string of the molecule is COc1ccc(C(=O)C2C3CCC(C3)C2N)c(C)c1. The molecule has 2 aliphatic carbocycles. The Labute approximate surface area is 114 Å². The molecule has 19 heavy (non-hydrogen) atoms. The molecule has 0 heterocycles. The van der Waals surface area contributed by atoms with Gasteiger partial charge in [0.1, 0.15) is 5.75 Å². The zero-order chi connectivity index (χ0) is 13.6. The highest BCUT2D eigenvalue weighted by Gasteiger charge is 2.49. The molecule has 2 N–H and O–H groups in total. The maximum absolute atomic E-state index is 12.7. The van der Waals surface area contributed by atoms with Gasteiger partial charge in [-0.2, -0.15) is 0 Å². The number of aryl methyl sites for hydroxylation is 1. The van der Waals surface area contributed by atoms with Gasteiger partial charge >= 0.3 is 0 Å². The summed E-state index contributed by atoms with van der Waals surface area (Å²) in [6.07, 6.45) is 3.52. The molecular weight excluding hydrogens is 238 g/mol. The van der Waals surface area contributed by atoms with E-state index in [1.165, 1.54) is 12.8 Å². The Bertz CT molecular complexity index is 509. The zero-order valence-electron chi connectivity index (χ0n) is 11.6. The number of ketones is 1. The zero-order valence-corrected chi connectivity index (χ0v) is 11.6. The van der Waals surface area contributed by atoms with Crippen molar-refractivity contribution in [3.63, 3.8) is 0 Å². The summed E-state index contributed by atoms with van der Waals surface area (Å²) >= 11 is 0. The maximum atomic E-state index is 12.7. The first-order chi connectivity index (χ1) is 9.11. The van der Waals surface area contributed by atoms with Gasteiger partial charge in [-0.1, -0.05) is 0 Å². The van der Waals surface area contributed by atoms with Crippen molar-refractivity contribution < 1.29 is 9.53 Å². The van der Waals surface area contributed by atoms with Crippen LogP contribution in [0.3, 0.4) is 0 Å². The lowest BCUT2D eigenvalue weighted by Gasteiger charge is -2.27. The normalized spacial score (nSPS) is 32.6. The Balaban J connectivity index is 1.88. The Kier molecular flexibility index (Phi) is 3.09. The summed E-state index contributed by atoms with van der Waals surface area (Å²) in [5.41, 5.74) is 8.06. The van der Waals surface area contributed by atoms with Crippen LogP contribution in [0.5, 0.6) is 5.75 Å². The smallest absolute Gasteiger partial charge is 0.168 e. The molecule has 2 bridgehead atoms. The lowest BCUT2D eigenvalue weighted by atomic mass is 9.79. The van der Waals surface area contributed by atoms with E-state index in [9.17, 15) is 4.79 Å². The van der Waals surface area contributed by atoms with Crippen LogP contribution < -0.4 is 10.5 Å². The number of hydrogen-bond acceptors (Lipinski definition) is 3. The summed E-state index contributed by atoms with van der Waals surface area (Å²) in [5.74, 6) is 2.14. The molecule has 0 saturated heterocycles. The first kappa shape index (κ1) is 12.7. The minimum absolute atomic E-state index is 0.0332. The highest BCUT2D eigenvalue weighted by Crippen LogP contribution is 2.48. The minimum Gasteiger partial charge on any atom is -0.497 e. The molecule has 0 aromatic heterocycles. The number of rotatable bonds is 3. The minimum atomic E-state index is 0.0332. The molecule has 2 aliphatic rings. The average Bonchev–Trinajstić information content (AvgIpc) is 2.98. The topological polar surface area (TPSA) is 52.3 Å². The second-order valence-corrected chi connectivity index (χ2v) is 5.98. The van der Waals surface area contributed by atoms with Crippen LogP contribution in [0.25, 0.3) is 0 Å². The predicted molar refractivity (Wildman–Crippen MR) is 74.4 cm³/mol. The Morgan fingerprint density at radius 1 is 1.32 bits per heavy atom. The number of fused-ring (bicyclic) bond motifs is 2. The molecule has 1 aromatic carbocycles. The molecule has 0 radical (unpaired) electrons. The third kappa shape index (κ3) is 1.96. The fourth-order valence-electron chi connectivity index (χ4n) is 3.94. The molecule has 4 atom stereocenters. The van der Waals surface area contributed by atoms with E-state index in [4.69, 9.17) is 10.5 Å². The second-order valence-electron chi connectivity index (χ2n) is 5.98. The number of methoxy groups -OCH3 is 1. The highest BCUT2D eigenvalue weighted by atomic mass is 16.5. The monoisotopic (exact) mass is 259 g/mol. The van der Waals surface area contributed by atoms with Gasteiger partial charge in [-0.15, -0.1) is 0 Å². The van der Waals surface area contributed by atoms with Crippen LogP contribution in [0, 0.1) is 24.7 Å². The number of carbonyl (C=O) groups is 1. The molecule has 0 aliphatic heterocycles. The summed E-state index contributed by atoms with van der Waals surface area (Å²) in [6, 6.07) is 5.73. The quantitative estimate of drug-likeness (QED) is 0.849. The van der Waals surface area contributed by atoms with E-state index in [1.54, 1.807) is 7.11 Å². The molecule has 3 nitrogen and oxygen atoms in total. The number of nitrogens with two attached hydrogens (primary N) is 1. The van der Waals surface area contributed by atoms with Gasteiger partial charge in [-0.05, 0) is 61.8 Å². The lowest BCUT2D eigenvalue weighted by Crippen LogP contribution is -2.40. The highest BCUT2D eigenvalue weighted by molar-refractivity contribution is 6.00. The summed E-state index contributed by atoms with van der Waals surface area (Å²) in [5, 5.41) is 0. The number of Topliss-reactive ketones (excluding diaryl/α,β-unsaturated/α-hetero) is 1. The summed E-state index contributed by atoms with van der Waals surface area (Å²) < 4.78 is 5.19. The van der Waals surface area contributed by atoms with Crippen molar-refractivity contribution >= 4 is 5.78 Å². The lowest BCUT2D eigenvalue weighted by molar-refractivity contribution is 0.0855. The molecular formula is C16H21NO2. The average molecular weight is 259 g/mol. The van der Waals surface area contributed by atoms with Crippen LogP contribution in [0.4, 0.5) is 0 Å². The van der Waals surface area contributed by atoms with E-state index < -0.39 is 0 Å². The van der Waals surface area contributed by atoms with Gasteiger partial charge < -0.3 is 10.5 Å². The van der Waals surface area contributed by atoms with Crippen LogP contribution >= 0.6 is 0 Å². The maximum Gasteiger partial charge on any atom is 0.168 e. The van der Waals surface area contributed by atoms with Gasteiger partial charge in [0, 0.05) is 17.5 Å². The van der Waals surface area contributed by atoms with E-state index in [2.05, 4.69) is 0 Å². The van der Waals surface area contributed by atoms with Crippen molar-refractivity contribution in [3.8, 4) is 5.75 Å². The van der Waals surface area contributed by atoms with Gasteiger partial charge in [-0.25, -0.2) is 0 Å². The van der Waals surface area contributed by atoms with E-state index in [-0.39, 0.29) is 17.7 Å². The summed E-state index contributed by atoms with van der Waals surface area (Å²) in [6.45, 7) is 1.97. The molecule has 0 spiro atoms. The van der Waals surface area contributed by atoms with Crippen LogP contribution in [-0.4, -0.2) is 18.9 Å². The predicted octanol–water partition coefficient (Wildman–Crippen LogP) is 2.56. The van der Waals surface area contributed by atoms with Gasteiger partial charge in [0.25, 0.3) is 0 Å². The van der Waals surface area contributed by atoms with Gasteiger partial charge in [0.15, 0.2) is 5.78 Å². The molecule has 4 unspecified atom stereocenters. The number of carbonyl (C=O) groups excluding carboxylic acids is 1. The van der Waals surface area contributed by atoms with Crippen molar-refractivity contribution in [2.45, 2.75) is 32.2 Å².